The first-order chi connectivity index (χ1) is 13.3. The zero-order valence-electron chi connectivity index (χ0n) is 14.6. The molecular formula is C24H16O2S. The average Bonchev–Trinajstić information content (AvgIpc) is 3.12. The molecule has 0 saturated carbocycles. The monoisotopic (exact) mass is 368 g/mol. The van der Waals surface area contributed by atoms with Gasteiger partial charge in [0.2, 0.25) is 0 Å². The van der Waals surface area contributed by atoms with Crippen molar-refractivity contribution in [3.8, 4) is 0 Å². The third kappa shape index (κ3) is 2.51. The van der Waals surface area contributed by atoms with E-state index in [4.69, 9.17) is 4.74 Å². The molecule has 5 aromatic rings. The summed E-state index contributed by atoms with van der Waals surface area (Å²) in [5.74, 6) is -0.400. The predicted molar refractivity (Wildman–Crippen MR) is 114 cm³/mol. The maximum atomic E-state index is 11.6. The number of hydrogen-bond acceptors (Lipinski definition) is 3. The van der Waals surface area contributed by atoms with E-state index in [-0.39, 0.29) is 6.61 Å². The maximum absolute atomic E-state index is 11.6. The summed E-state index contributed by atoms with van der Waals surface area (Å²) < 4.78 is 7.79. The van der Waals surface area contributed by atoms with Gasteiger partial charge in [0, 0.05) is 31.8 Å². The molecule has 130 valence electrons. The topological polar surface area (TPSA) is 26.3 Å². The van der Waals surface area contributed by atoms with Crippen molar-refractivity contribution in [3.63, 3.8) is 0 Å². The van der Waals surface area contributed by atoms with Crippen LogP contribution in [0.4, 0.5) is 0 Å². The second kappa shape index (κ2) is 6.22. The summed E-state index contributed by atoms with van der Waals surface area (Å²) in [6, 6.07) is 23.4. The number of esters is 1. The van der Waals surface area contributed by atoms with Crippen molar-refractivity contribution in [2.24, 2.45) is 0 Å². The Balaban J connectivity index is 1.92. The van der Waals surface area contributed by atoms with Crippen molar-refractivity contribution < 1.29 is 9.53 Å². The summed E-state index contributed by atoms with van der Waals surface area (Å²) in [4.78, 5) is 11.6. The first-order valence-electron chi connectivity index (χ1n) is 8.80. The van der Waals surface area contributed by atoms with E-state index in [1.165, 1.54) is 42.4 Å². The van der Waals surface area contributed by atoms with Gasteiger partial charge in [-0.15, -0.1) is 11.3 Å². The summed E-state index contributed by atoms with van der Waals surface area (Å²) in [5.41, 5.74) is 1.03. The van der Waals surface area contributed by atoms with Crippen LogP contribution in [0.15, 0.2) is 79.4 Å². The number of rotatable bonds is 3. The molecule has 0 bridgehead atoms. The SMILES string of the molecule is C=CC(=O)OCc1cc2ccccc2c2c1sc1ccc3ccccc3c12. The number of thiophene rings is 1. The quantitative estimate of drug-likeness (QED) is 0.265. The van der Waals surface area contributed by atoms with Gasteiger partial charge in [0.25, 0.3) is 0 Å². The summed E-state index contributed by atoms with van der Waals surface area (Å²) in [6.07, 6.45) is 1.21. The Hall–Kier alpha value is -3.17. The van der Waals surface area contributed by atoms with Gasteiger partial charge >= 0.3 is 5.97 Å². The highest BCUT2D eigenvalue weighted by Gasteiger charge is 2.15. The lowest BCUT2D eigenvalue weighted by Gasteiger charge is -2.08. The van der Waals surface area contributed by atoms with Crippen molar-refractivity contribution in [1.29, 1.82) is 0 Å². The van der Waals surface area contributed by atoms with Crippen molar-refractivity contribution in [3.05, 3.63) is 84.9 Å². The van der Waals surface area contributed by atoms with Gasteiger partial charge < -0.3 is 4.74 Å². The van der Waals surface area contributed by atoms with E-state index in [9.17, 15) is 4.79 Å². The van der Waals surface area contributed by atoms with Crippen LogP contribution in [0.2, 0.25) is 0 Å². The lowest BCUT2D eigenvalue weighted by Crippen LogP contribution is -2.00. The summed E-state index contributed by atoms with van der Waals surface area (Å²) in [5, 5.41) is 7.40. The largest absolute Gasteiger partial charge is 0.458 e. The molecule has 0 saturated heterocycles. The molecule has 2 nitrogen and oxygen atoms in total. The van der Waals surface area contributed by atoms with E-state index in [2.05, 4.69) is 67.2 Å². The van der Waals surface area contributed by atoms with Crippen LogP contribution in [0.1, 0.15) is 5.56 Å². The van der Waals surface area contributed by atoms with E-state index in [1.54, 1.807) is 11.3 Å². The van der Waals surface area contributed by atoms with Crippen molar-refractivity contribution in [2.45, 2.75) is 6.61 Å². The molecule has 0 atom stereocenters. The Labute approximate surface area is 160 Å². The van der Waals surface area contributed by atoms with Crippen molar-refractivity contribution in [1.82, 2.24) is 0 Å². The second-order valence-electron chi connectivity index (χ2n) is 6.53. The highest BCUT2D eigenvalue weighted by molar-refractivity contribution is 7.26. The molecule has 0 spiro atoms. The van der Waals surface area contributed by atoms with Crippen LogP contribution < -0.4 is 0 Å². The Morgan fingerprint density at radius 3 is 2.41 bits per heavy atom. The van der Waals surface area contributed by atoms with Crippen LogP contribution in [0.5, 0.6) is 0 Å². The minimum Gasteiger partial charge on any atom is -0.458 e. The normalized spacial score (nSPS) is 11.4. The number of ether oxygens (including phenoxy) is 1. The fraction of sp³-hybridized carbons (Fsp3) is 0.0417. The van der Waals surface area contributed by atoms with Gasteiger partial charge in [-0.05, 0) is 33.7 Å². The number of carbonyl (C=O) groups is 1. The molecule has 0 fully saturated rings. The van der Waals surface area contributed by atoms with Crippen LogP contribution in [0.3, 0.4) is 0 Å². The van der Waals surface area contributed by atoms with Crippen molar-refractivity contribution >= 4 is 59.0 Å². The van der Waals surface area contributed by atoms with Crippen LogP contribution >= 0.6 is 11.3 Å². The number of benzene rings is 4. The van der Waals surface area contributed by atoms with E-state index in [0.29, 0.717) is 0 Å². The number of carbonyl (C=O) groups excluding carboxylic acids is 1. The molecule has 4 aromatic carbocycles. The van der Waals surface area contributed by atoms with Crippen LogP contribution in [-0.2, 0) is 16.1 Å². The Kier molecular flexibility index (Phi) is 3.69. The molecule has 0 radical (unpaired) electrons. The van der Waals surface area contributed by atoms with Gasteiger partial charge in [0.05, 0.1) is 0 Å². The molecular weight excluding hydrogens is 352 g/mol. The minimum atomic E-state index is -0.400. The predicted octanol–water partition coefficient (Wildman–Crippen LogP) is 6.59. The zero-order chi connectivity index (χ0) is 18.4. The van der Waals surface area contributed by atoms with Crippen LogP contribution in [0.25, 0.3) is 41.7 Å². The third-order valence-electron chi connectivity index (χ3n) is 4.97. The molecule has 27 heavy (non-hydrogen) atoms. The van der Waals surface area contributed by atoms with Gasteiger partial charge in [-0.1, -0.05) is 61.2 Å². The van der Waals surface area contributed by atoms with Crippen LogP contribution in [0, 0.1) is 0 Å². The fourth-order valence-corrected chi connectivity index (χ4v) is 5.00. The highest BCUT2D eigenvalue weighted by atomic mass is 32.1. The molecule has 0 aliphatic carbocycles. The van der Waals surface area contributed by atoms with Gasteiger partial charge in [0.15, 0.2) is 0 Å². The molecule has 0 amide bonds. The van der Waals surface area contributed by atoms with E-state index in [0.717, 1.165) is 10.9 Å². The Morgan fingerprint density at radius 1 is 0.926 bits per heavy atom. The molecule has 0 aliphatic heterocycles. The first kappa shape index (κ1) is 16.0. The van der Waals surface area contributed by atoms with E-state index >= 15 is 0 Å². The Morgan fingerprint density at radius 2 is 1.63 bits per heavy atom. The minimum absolute atomic E-state index is 0.247. The summed E-state index contributed by atoms with van der Waals surface area (Å²) in [6.45, 7) is 3.73. The molecule has 0 aliphatic rings. The summed E-state index contributed by atoms with van der Waals surface area (Å²) in [7, 11) is 0. The van der Waals surface area contributed by atoms with Gasteiger partial charge in [-0.3, -0.25) is 0 Å². The summed E-state index contributed by atoms with van der Waals surface area (Å²) >= 11 is 1.76. The highest BCUT2D eigenvalue weighted by Crippen LogP contribution is 2.43. The third-order valence-corrected chi connectivity index (χ3v) is 6.20. The second-order valence-corrected chi connectivity index (χ2v) is 7.59. The molecule has 1 aromatic heterocycles. The molecule has 0 N–H and O–H groups in total. The van der Waals surface area contributed by atoms with Gasteiger partial charge in [-0.2, -0.15) is 0 Å². The molecule has 0 unspecified atom stereocenters. The number of hydrogen-bond donors (Lipinski definition) is 0. The van der Waals surface area contributed by atoms with E-state index in [1.807, 2.05) is 6.07 Å². The first-order valence-corrected chi connectivity index (χ1v) is 9.61. The standard InChI is InChI=1S/C24H16O2S/c1-2-21(25)26-14-17-13-16-8-4-6-10-19(16)23-22-18-9-5-3-7-15(18)11-12-20(22)27-24(17)23/h2-13H,1,14H2. The molecule has 3 heteroatoms. The van der Waals surface area contributed by atoms with Gasteiger partial charge in [0.1, 0.15) is 6.61 Å². The molecule has 5 rings (SSSR count). The fourth-order valence-electron chi connectivity index (χ4n) is 3.77. The lowest BCUT2D eigenvalue weighted by atomic mass is 9.98. The zero-order valence-corrected chi connectivity index (χ0v) is 15.4. The number of fused-ring (bicyclic) bond motifs is 7. The van der Waals surface area contributed by atoms with E-state index < -0.39 is 5.97 Å². The smallest absolute Gasteiger partial charge is 0.330 e. The average molecular weight is 368 g/mol. The maximum Gasteiger partial charge on any atom is 0.330 e. The Bertz CT molecular complexity index is 1360. The van der Waals surface area contributed by atoms with Gasteiger partial charge in [-0.25, -0.2) is 4.79 Å². The molecule has 1 heterocycles. The lowest BCUT2D eigenvalue weighted by molar-refractivity contribution is -0.138. The van der Waals surface area contributed by atoms with Crippen molar-refractivity contribution in [2.75, 3.05) is 0 Å². The van der Waals surface area contributed by atoms with Crippen LogP contribution in [-0.4, -0.2) is 5.97 Å².